The number of allylic oxidation sites excluding steroid dienone is 1. The Kier molecular flexibility index (Phi) is 12.6. The van der Waals surface area contributed by atoms with Crippen LogP contribution >= 0.6 is 0 Å². The maximum atomic E-state index is 9.51. The van der Waals surface area contributed by atoms with Gasteiger partial charge in [-0.3, -0.25) is 0 Å². The van der Waals surface area contributed by atoms with Crippen LogP contribution in [0.3, 0.4) is 0 Å². The molecule has 0 atom stereocenters. The monoisotopic (exact) mass is 187 g/mol. The van der Waals surface area contributed by atoms with E-state index in [-0.39, 0.29) is 0 Å². The molecule has 0 saturated heterocycles. The summed E-state index contributed by atoms with van der Waals surface area (Å²) in [5.41, 5.74) is 0. The van der Waals surface area contributed by atoms with Crippen molar-refractivity contribution in [2.75, 3.05) is 19.6 Å². The maximum absolute atomic E-state index is 9.51. The Bertz CT molecular complexity index is 134. The van der Waals surface area contributed by atoms with Gasteiger partial charge in [-0.2, -0.15) is 0 Å². The first kappa shape index (κ1) is 14.7. The van der Waals surface area contributed by atoms with Gasteiger partial charge in [0.15, 0.2) is 0 Å². The SMILES string of the molecule is C/C=C/C(=O)O.CCN(CC)CC. The van der Waals surface area contributed by atoms with E-state index in [2.05, 4.69) is 25.7 Å². The molecule has 0 aliphatic rings. The van der Waals surface area contributed by atoms with E-state index in [9.17, 15) is 4.79 Å². The van der Waals surface area contributed by atoms with Crippen LogP contribution in [0.4, 0.5) is 0 Å². The van der Waals surface area contributed by atoms with Crippen LogP contribution in [0.25, 0.3) is 0 Å². The van der Waals surface area contributed by atoms with Gasteiger partial charge >= 0.3 is 5.97 Å². The van der Waals surface area contributed by atoms with Crippen LogP contribution in [-0.2, 0) is 4.79 Å². The third-order valence-corrected chi connectivity index (χ3v) is 1.65. The molecular weight excluding hydrogens is 166 g/mol. The normalized spacial score (nSPS) is 9.92. The second-order valence-corrected chi connectivity index (χ2v) is 2.46. The van der Waals surface area contributed by atoms with Gasteiger partial charge in [-0.1, -0.05) is 26.8 Å². The summed E-state index contributed by atoms with van der Waals surface area (Å²) in [6, 6.07) is 0. The van der Waals surface area contributed by atoms with Gasteiger partial charge in [0, 0.05) is 6.08 Å². The summed E-state index contributed by atoms with van der Waals surface area (Å²) in [4.78, 5) is 11.9. The fraction of sp³-hybridized carbons (Fsp3) is 0.700. The van der Waals surface area contributed by atoms with E-state index in [1.165, 1.54) is 25.7 Å². The summed E-state index contributed by atoms with van der Waals surface area (Å²) in [7, 11) is 0. The van der Waals surface area contributed by atoms with Gasteiger partial charge in [0.05, 0.1) is 0 Å². The molecule has 0 aromatic rings. The minimum Gasteiger partial charge on any atom is -0.478 e. The first-order valence-corrected chi connectivity index (χ1v) is 4.70. The van der Waals surface area contributed by atoms with Gasteiger partial charge in [-0.25, -0.2) is 4.79 Å². The van der Waals surface area contributed by atoms with Crippen LogP contribution in [0, 0.1) is 0 Å². The van der Waals surface area contributed by atoms with Crippen molar-refractivity contribution in [3.63, 3.8) is 0 Å². The molecule has 0 radical (unpaired) electrons. The molecule has 0 spiro atoms. The average molecular weight is 187 g/mol. The second kappa shape index (κ2) is 11.2. The lowest BCUT2D eigenvalue weighted by molar-refractivity contribution is -0.131. The van der Waals surface area contributed by atoms with E-state index >= 15 is 0 Å². The molecular formula is C10H21NO2. The van der Waals surface area contributed by atoms with Crippen molar-refractivity contribution < 1.29 is 9.90 Å². The van der Waals surface area contributed by atoms with Crippen molar-refractivity contribution in [2.45, 2.75) is 27.7 Å². The molecule has 0 heterocycles. The summed E-state index contributed by atoms with van der Waals surface area (Å²) in [5.74, 6) is -0.891. The summed E-state index contributed by atoms with van der Waals surface area (Å²) in [5, 5.41) is 7.83. The number of hydrogen-bond donors (Lipinski definition) is 1. The van der Waals surface area contributed by atoms with Gasteiger partial charge in [0.2, 0.25) is 0 Å². The first-order valence-electron chi connectivity index (χ1n) is 4.70. The zero-order valence-electron chi connectivity index (χ0n) is 9.08. The van der Waals surface area contributed by atoms with E-state index in [0.29, 0.717) is 0 Å². The highest BCUT2D eigenvalue weighted by Crippen LogP contribution is 1.81. The molecule has 0 saturated carbocycles. The number of carboxylic acids is 1. The molecule has 1 N–H and O–H groups in total. The molecule has 0 amide bonds. The molecule has 0 aromatic heterocycles. The zero-order chi connectivity index (χ0) is 10.7. The molecule has 0 unspecified atom stereocenters. The van der Waals surface area contributed by atoms with E-state index in [0.717, 1.165) is 6.08 Å². The average Bonchev–Trinajstić information content (AvgIpc) is 2.08. The third-order valence-electron chi connectivity index (χ3n) is 1.65. The predicted molar refractivity (Wildman–Crippen MR) is 55.9 cm³/mol. The lowest BCUT2D eigenvalue weighted by atomic mass is 10.5. The Hall–Kier alpha value is -0.830. The maximum Gasteiger partial charge on any atom is 0.327 e. The molecule has 3 nitrogen and oxygen atoms in total. The Balaban J connectivity index is 0. The summed E-state index contributed by atoms with van der Waals surface area (Å²) in [6.45, 7) is 11.8. The van der Waals surface area contributed by atoms with E-state index in [1.54, 1.807) is 6.92 Å². The number of rotatable bonds is 4. The molecule has 0 bridgehead atoms. The number of carboxylic acid groups (broad SMARTS) is 1. The van der Waals surface area contributed by atoms with Gasteiger partial charge < -0.3 is 10.0 Å². The highest BCUT2D eigenvalue weighted by atomic mass is 16.4. The molecule has 0 rings (SSSR count). The van der Waals surface area contributed by atoms with Gasteiger partial charge in [0.1, 0.15) is 0 Å². The van der Waals surface area contributed by atoms with Crippen molar-refractivity contribution >= 4 is 5.97 Å². The minimum atomic E-state index is -0.891. The topological polar surface area (TPSA) is 40.5 Å². The zero-order valence-corrected chi connectivity index (χ0v) is 9.08. The van der Waals surface area contributed by atoms with E-state index < -0.39 is 5.97 Å². The van der Waals surface area contributed by atoms with Gasteiger partial charge in [-0.15, -0.1) is 0 Å². The standard InChI is InChI=1S/C6H15N.C4H6O2/c1-4-7(5-2)6-3;1-2-3-4(5)6/h4-6H2,1-3H3;2-3H,1H3,(H,5,6)/b;3-2+. The van der Waals surface area contributed by atoms with Gasteiger partial charge in [0.25, 0.3) is 0 Å². The fourth-order valence-electron chi connectivity index (χ4n) is 0.813. The van der Waals surface area contributed by atoms with Crippen LogP contribution < -0.4 is 0 Å². The fourth-order valence-corrected chi connectivity index (χ4v) is 0.813. The summed E-state index contributed by atoms with van der Waals surface area (Å²) < 4.78 is 0. The smallest absolute Gasteiger partial charge is 0.327 e. The van der Waals surface area contributed by atoms with Crippen molar-refractivity contribution in [2.24, 2.45) is 0 Å². The van der Waals surface area contributed by atoms with Crippen LogP contribution in [0.1, 0.15) is 27.7 Å². The highest BCUT2D eigenvalue weighted by Gasteiger charge is 1.89. The lowest BCUT2D eigenvalue weighted by Gasteiger charge is -2.13. The molecule has 0 aliphatic carbocycles. The van der Waals surface area contributed by atoms with Crippen LogP contribution in [-0.4, -0.2) is 35.6 Å². The molecule has 78 valence electrons. The largest absolute Gasteiger partial charge is 0.478 e. The summed E-state index contributed by atoms with van der Waals surface area (Å²) in [6.07, 6.45) is 2.56. The first-order chi connectivity index (χ1) is 6.12. The molecule has 0 aromatic carbocycles. The van der Waals surface area contributed by atoms with Crippen molar-refractivity contribution in [3.05, 3.63) is 12.2 Å². The molecule has 13 heavy (non-hydrogen) atoms. The number of hydrogen-bond acceptors (Lipinski definition) is 2. The number of nitrogens with zero attached hydrogens (tertiary/aromatic N) is 1. The van der Waals surface area contributed by atoms with Crippen molar-refractivity contribution in [1.29, 1.82) is 0 Å². The van der Waals surface area contributed by atoms with Gasteiger partial charge in [-0.05, 0) is 26.6 Å². The predicted octanol–water partition coefficient (Wildman–Crippen LogP) is 2.00. The Morgan fingerprint density at radius 3 is 1.62 bits per heavy atom. The number of aliphatic carboxylic acids is 1. The van der Waals surface area contributed by atoms with Crippen LogP contribution in [0.2, 0.25) is 0 Å². The molecule has 0 fully saturated rings. The third kappa shape index (κ3) is 14.1. The molecule has 0 aliphatic heterocycles. The quantitative estimate of drug-likeness (QED) is 0.684. The minimum absolute atomic E-state index is 0.891. The highest BCUT2D eigenvalue weighted by molar-refractivity contribution is 5.79. The van der Waals surface area contributed by atoms with Crippen molar-refractivity contribution in [3.8, 4) is 0 Å². The lowest BCUT2D eigenvalue weighted by Crippen LogP contribution is -2.21. The van der Waals surface area contributed by atoms with Crippen LogP contribution in [0.15, 0.2) is 12.2 Å². The Labute approximate surface area is 81.1 Å². The van der Waals surface area contributed by atoms with Crippen molar-refractivity contribution in [1.82, 2.24) is 4.90 Å². The molecule has 3 heteroatoms. The van der Waals surface area contributed by atoms with Crippen LogP contribution in [0.5, 0.6) is 0 Å². The Morgan fingerprint density at radius 2 is 1.62 bits per heavy atom. The second-order valence-electron chi connectivity index (χ2n) is 2.46. The Morgan fingerprint density at radius 1 is 1.23 bits per heavy atom. The van der Waals surface area contributed by atoms with E-state index in [4.69, 9.17) is 5.11 Å². The van der Waals surface area contributed by atoms with E-state index in [1.807, 2.05) is 0 Å². The summed E-state index contributed by atoms with van der Waals surface area (Å²) >= 11 is 0. The number of carbonyl (C=O) groups is 1.